The summed E-state index contributed by atoms with van der Waals surface area (Å²) in [7, 11) is 0. The molecule has 0 saturated carbocycles. The summed E-state index contributed by atoms with van der Waals surface area (Å²) in [5.41, 5.74) is 0. The molecular formula is C16H30O3. The molecule has 0 rings (SSSR count). The van der Waals surface area contributed by atoms with Crippen LogP contribution in [0.25, 0.3) is 0 Å². The maximum atomic E-state index is 10.5. The van der Waals surface area contributed by atoms with E-state index in [1.807, 2.05) is 0 Å². The highest BCUT2D eigenvalue weighted by atomic mass is 16.5. The molecule has 3 heteroatoms. The van der Waals surface area contributed by atoms with Crippen molar-refractivity contribution in [2.24, 2.45) is 0 Å². The second-order valence-electron chi connectivity index (χ2n) is 5.18. The molecular weight excluding hydrogens is 240 g/mol. The van der Waals surface area contributed by atoms with Gasteiger partial charge in [-0.25, -0.2) is 0 Å². The molecule has 0 spiro atoms. The highest BCUT2D eigenvalue weighted by molar-refractivity contribution is 5.65. The van der Waals surface area contributed by atoms with Gasteiger partial charge in [-0.05, 0) is 12.8 Å². The van der Waals surface area contributed by atoms with Crippen LogP contribution in [0.5, 0.6) is 0 Å². The molecule has 0 bridgehead atoms. The first-order valence-corrected chi connectivity index (χ1v) is 7.84. The van der Waals surface area contributed by atoms with Gasteiger partial charge in [0.05, 0.1) is 6.61 Å². The molecule has 0 aromatic rings. The van der Waals surface area contributed by atoms with Crippen molar-refractivity contribution >= 4 is 12.3 Å². The number of esters is 1. The van der Waals surface area contributed by atoms with Crippen molar-refractivity contribution in [3.63, 3.8) is 0 Å². The van der Waals surface area contributed by atoms with Crippen molar-refractivity contribution in [3.8, 4) is 0 Å². The second-order valence-corrected chi connectivity index (χ2v) is 5.18. The number of unbranched alkanes of at least 4 members (excludes halogenated alkanes) is 11. The van der Waals surface area contributed by atoms with E-state index in [2.05, 4.69) is 0 Å². The van der Waals surface area contributed by atoms with E-state index in [0.717, 1.165) is 25.5 Å². The summed E-state index contributed by atoms with van der Waals surface area (Å²) in [5.74, 6) is -0.173. The number of carbonyl (C=O) groups excluding carboxylic acids is 2. The lowest BCUT2D eigenvalue weighted by Gasteiger charge is -2.03. The van der Waals surface area contributed by atoms with E-state index in [9.17, 15) is 9.59 Å². The van der Waals surface area contributed by atoms with E-state index in [4.69, 9.17) is 4.74 Å². The molecule has 3 nitrogen and oxygen atoms in total. The molecule has 0 amide bonds. The Balaban J connectivity index is 2.95. The molecule has 0 aromatic heterocycles. The van der Waals surface area contributed by atoms with Crippen LogP contribution < -0.4 is 0 Å². The molecule has 0 heterocycles. The highest BCUT2D eigenvalue weighted by Gasteiger charge is 1.95. The van der Waals surface area contributed by atoms with Crippen LogP contribution in [0.3, 0.4) is 0 Å². The molecule has 0 saturated heterocycles. The Morgan fingerprint density at radius 2 is 1.21 bits per heavy atom. The minimum absolute atomic E-state index is 0.173. The maximum absolute atomic E-state index is 10.5. The number of hydrogen-bond donors (Lipinski definition) is 0. The third kappa shape index (κ3) is 17.1. The van der Waals surface area contributed by atoms with Crippen LogP contribution in [0.1, 0.15) is 84.0 Å². The van der Waals surface area contributed by atoms with Crippen molar-refractivity contribution in [2.45, 2.75) is 84.0 Å². The van der Waals surface area contributed by atoms with Crippen molar-refractivity contribution in [3.05, 3.63) is 0 Å². The predicted octanol–water partition coefficient (Wildman–Crippen LogP) is 4.43. The Kier molecular flexibility index (Phi) is 14.5. The van der Waals surface area contributed by atoms with Gasteiger partial charge in [-0.3, -0.25) is 4.79 Å². The lowest BCUT2D eigenvalue weighted by atomic mass is 10.1. The van der Waals surface area contributed by atoms with Gasteiger partial charge in [0.15, 0.2) is 0 Å². The summed E-state index contributed by atoms with van der Waals surface area (Å²) in [6.45, 7) is 2.04. The van der Waals surface area contributed by atoms with Crippen LogP contribution >= 0.6 is 0 Å². The molecule has 0 aliphatic rings. The van der Waals surface area contributed by atoms with Gasteiger partial charge in [-0.1, -0.05) is 57.8 Å². The molecule has 112 valence electrons. The fraction of sp³-hybridized carbons (Fsp3) is 0.875. The number of aldehydes is 1. The van der Waals surface area contributed by atoms with Crippen molar-refractivity contribution in [1.29, 1.82) is 0 Å². The maximum Gasteiger partial charge on any atom is 0.302 e. The summed E-state index contributed by atoms with van der Waals surface area (Å²) < 4.78 is 4.88. The highest BCUT2D eigenvalue weighted by Crippen LogP contribution is 2.11. The summed E-state index contributed by atoms with van der Waals surface area (Å²) in [6, 6.07) is 0. The number of rotatable bonds is 14. The third-order valence-corrected chi connectivity index (χ3v) is 3.27. The molecule has 0 atom stereocenters. The molecule has 0 aromatic carbocycles. The number of ether oxygens (including phenoxy) is 1. The lowest BCUT2D eigenvalue weighted by Crippen LogP contribution is -2.00. The van der Waals surface area contributed by atoms with Crippen molar-refractivity contribution in [1.82, 2.24) is 0 Å². The lowest BCUT2D eigenvalue weighted by molar-refractivity contribution is -0.141. The Morgan fingerprint density at radius 3 is 1.63 bits per heavy atom. The first kappa shape index (κ1) is 18.1. The first-order chi connectivity index (χ1) is 9.27. The Labute approximate surface area is 118 Å². The van der Waals surface area contributed by atoms with Gasteiger partial charge in [0.2, 0.25) is 0 Å². The van der Waals surface area contributed by atoms with Crippen molar-refractivity contribution < 1.29 is 14.3 Å². The van der Waals surface area contributed by atoms with Crippen LogP contribution in [-0.4, -0.2) is 18.9 Å². The van der Waals surface area contributed by atoms with Gasteiger partial charge in [0.25, 0.3) is 0 Å². The predicted molar refractivity (Wildman–Crippen MR) is 78.1 cm³/mol. The molecule has 0 N–H and O–H groups in total. The van der Waals surface area contributed by atoms with Crippen LogP contribution in [0.15, 0.2) is 0 Å². The molecule has 19 heavy (non-hydrogen) atoms. The van der Waals surface area contributed by atoms with E-state index in [1.54, 1.807) is 0 Å². The number of carbonyl (C=O) groups is 2. The van der Waals surface area contributed by atoms with E-state index < -0.39 is 0 Å². The standard InChI is InChI=1S/C16H30O3/c1-16(18)19-15-13-11-9-7-5-3-2-4-6-8-10-12-14-17/h14H,2-13,15H2,1H3. The average molecular weight is 270 g/mol. The first-order valence-electron chi connectivity index (χ1n) is 7.84. The van der Waals surface area contributed by atoms with Crippen LogP contribution in [0.4, 0.5) is 0 Å². The summed E-state index contributed by atoms with van der Waals surface area (Å²) >= 11 is 0. The largest absolute Gasteiger partial charge is 0.466 e. The molecule has 0 unspecified atom stereocenters. The third-order valence-electron chi connectivity index (χ3n) is 3.27. The normalized spacial score (nSPS) is 10.4. The minimum atomic E-state index is -0.173. The molecule has 0 aliphatic heterocycles. The quantitative estimate of drug-likeness (QED) is 0.266. The SMILES string of the molecule is CC(=O)OCCCCCCCCCCCCCC=O. The van der Waals surface area contributed by atoms with Crippen LogP contribution in [0, 0.1) is 0 Å². The van der Waals surface area contributed by atoms with E-state index >= 15 is 0 Å². The van der Waals surface area contributed by atoms with Crippen LogP contribution in [-0.2, 0) is 14.3 Å². The zero-order valence-electron chi connectivity index (χ0n) is 12.5. The fourth-order valence-electron chi connectivity index (χ4n) is 2.14. The zero-order chi connectivity index (χ0) is 14.2. The fourth-order valence-corrected chi connectivity index (χ4v) is 2.14. The van der Waals surface area contributed by atoms with Gasteiger partial charge in [0.1, 0.15) is 6.29 Å². The molecule has 0 fully saturated rings. The average Bonchev–Trinajstić information content (AvgIpc) is 2.39. The summed E-state index contributed by atoms with van der Waals surface area (Å²) in [6.07, 6.45) is 15.3. The number of hydrogen-bond acceptors (Lipinski definition) is 3. The minimum Gasteiger partial charge on any atom is -0.466 e. The van der Waals surface area contributed by atoms with E-state index in [1.165, 1.54) is 64.7 Å². The zero-order valence-corrected chi connectivity index (χ0v) is 12.5. The van der Waals surface area contributed by atoms with E-state index in [-0.39, 0.29) is 5.97 Å². The van der Waals surface area contributed by atoms with Crippen molar-refractivity contribution in [2.75, 3.05) is 6.61 Å². The smallest absolute Gasteiger partial charge is 0.302 e. The second kappa shape index (κ2) is 15.2. The molecule has 0 aliphatic carbocycles. The summed E-state index contributed by atoms with van der Waals surface area (Å²) in [5, 5.41) is 0. The van der Waals surface area contributed by atoms with Crippen LogP contribution in [0.2, 0.25) is 0 Å². The molecule has 0 radical (unpaired) electrons. The van der Waals surface area contributed by atoms with E-state index in [0.29, 0.717) is 6.61 Å². The Bertz CT molecular complexity index is 214. The van der Waals surface area contributed by atoms with Gasteiger partial charge in [-0.2, -0.15) is 0 Å². The van der Waals surface area contributed by atoms with Gasteiger partial charge < -0.3 is 9.53 Å². The monoisotopic (exact) mass is 270 g/mol. The Hall–Kier alpha value is -0.860. The van der Waals surface area contributed by atoms with Gasteiger partial charge >= 0.3 is 5.97 Å². The topological polar surface area (TPSA) is 43.4 Å². The summed E-state index contributed by atoms with van der Waals surface area (Å²) in [4.78, 5) is 20.6. The van der Waals surface area contributed by atoms with Gasteiger partial charge in [0, 0.05) is 13.3 Å². The Morgan fingerprint density at radius 1 is 0.789 bits per heavy atom. The van der Waals surface area contributed by atoms with Gasteiger partial charge in [-0.15, -0.1) is 0 Å².